The SMILES string of the molecule is CN(C(=O)COc1ccc(F)cc1)c1cccnc1. The number of carbonyl (C=O) groups is 1. The molecule has 5 heteroatoms. The van der Waals surface area contributed by atoms with Crippen LogP contribution in [-0.4, -0.2) is 24.5 Å². The molecule has 2 rings (SSSR count). The molecule has 0 aliphatic carbocycles. The van der Waals surface area contributed by atoms with Gasteiger partial charge in [-0.2, -0.15) is 0 Å². The second-order valence-corrected chi connectivity index (χ2v) is 3.91. The third-order valence-corrected chi connectivity index (χ3v) is 2.58. The van der Waals surface area contributed by atoms with E-state index in [2.05, 4.69) is 4.98 Å². The smallest absolute Gasteiger partial charge is 0.264 e. The van der Waals surface area contributed by atoms with Crippen LogP contribution in [-0.2, 0) is 4.79 Å². The molecule has 0 radical (unpaired) electrons. The van der Waals surface area contributed by atoms with Crippen molar-refractivity contribution in [3.63, 3.8) is 0 Å². The Morgan fingerprint density at radius 1 is 1.32 bits per heavy atom. The van der Waals surface area contributed by atoms with E-state index in [-0.39, 0.29) is 18.3 Å². The van der Waals surface area contributed by atoms with Crippen molar-refractivity contribution in [3.05, 3.63) is 54.6 Å². The Labute approximate surface area is 110 Å². The van der Waals surface area contributed by atoms with Gasteiger partial charge in [-0.3, -0.25) is 9.78 Å². The largest absolute Gasteiger partial charge is 0.484 e. The summed E-state index contributed by atoms with van der Waals surface area (Å²) in [5, 5.41) is 0. The first-order chi connectivity index (χ1) is 9.16. The number of hydrogen-bond acceptors (Lipinski definition) is 3. The summed E-state index contributed by atoms with van der Waals surface area (Å²) in [5.41, 5.74) is 0.690. The minimum Gasteiger partial charge on any atom is -0.484 e. The summed E-state index contributed by atoms with van der Waals surface area (Å²) in [4.78, 5) is 17.3. The average molecular weight is 260 g/mol. The molecule has 0 N–H and O–H groups in total. The van der Waals surface area contributed by atoms with Crippen LogP contribution >= 0.6 is 0 Å². The number of rotatable bonds is 4. The third-order valence-electron chi connectivity index (χ3n) is 2.58. The summed E-state index contributed by atoms with van der Waals surface area (Å²) in [6.07, 6.45) is 3.23. The van der Waals surface area contributed by atoms with Crippen LogP contribution in [0.25, 0.3) is 0 Å². The van der Waals surface area contributed by atoms with Gasteiger partial charge in [-0.1, -0.05) is 0 Å². The van der Waals surface area contributed by atoms with Crippen LogP contribution in [0.5, 0.6) is 5.75 Å². The number of nitrogens with zero attached hydrogens (tertiary/aromatic N) is 2. The zero-order valence-electron chi connectivity index (χ0n) is 10.4. The average Bonchev–Trinajstić information content (AvgIpc) is 2.46. The summed E-state index contributed by atoms with van der Waals surface area (Å²) in [7, 11) is 1.65. The summed E-state index contributed by atoms with van der Waals surface area (Å²) in [5.74, 6) is -0.0992. The Kier molecular flexibility index (Phi) is 4.07. The molecule has 1 amide bonds. The lowest BCUT2D eigenvalue weighted by atomic mass is 10.3. The fourth-order valence-corrected chi connectivity index (χ4v) is 1.47. The molecular formula is C14H13FN2O2. The van der Waals surface area contributed by atoms with Crippen molar-refractivity contribution in [2.75, 3.05) is 18.6 Å². The van der Waals surface area contributed by atoms with Gasteiger partial charge in [0.05, 0.1) is 11.9 Å². The number of aromatic nitrogens is 1. The molecule has 0 bridgehead atoms. The molecule has 2 aromatic rings. The molecule has 0 atom stereocenters. The lowest BCUT2D eigenvalue weighted by molar-refractivity contribution is -0.120. The van der Waals surface area contributed by atoms with E-state index in [1.165, 1.54) is 29.2 Å². The molecule has 4 nitrogen and oxygen atoms in total. The molecule has 0 aliphatic heterocycles. The van der Waals surface area contributed by atoms with Gasteiger partial charge in [0.1, 0.15) is 11.6 Å². The number of ether oxygens (including phenoxy) is 1. The number of carbonyl (C=O) groups excluding carboxylic acids is 1. The first kappa shape index (κ1) is 13.0. The van der Waals surface area contributed by atoms with Crippen LogP contribution in [0.3, 0.4) is 0 Å². The predicted molar refractivity (Wildman–Crippen MR) is 69.5 cm³/mol. The minimum atomic E-state index is -0.342. The zero-order chi connectivity index (χ0) is 13.7. The number of amides is 1. The van der Waals surface area contributed by atoms with Gasteiger partial charge in [-0.25, -0.2) is 4.39 Å². The highest BCUT2D eigenvalue weighted by molar-refractivity contribution is 5.93. The third kappa shape index (κ3) is 3.51. The molecule has 0 fully saturated rings. The minimum absolute atomic E-state index is 0.114. The highest BCUT2D eigenvalue weighted by atomic mass is 19.1. The second-order valence-electron chi connectivity index (χ2n) is 3.91. The van der Waals surface area contributed by atoms with Crippen molar-refractivity contribution in [1.82, 2.24) is 4.98 Å². The fourth-order valence-electron chi connectivity index (χ4n) is 1.47. The van der Waals surface area contributed by atoms with E-state index < -0.39 is 0 Å². The maximum atomic E-state index is 12.7. The molecule has 0 unspecified atom stereocenters. The van der Waals surface area contributed by atoms with Crippen LogP contribution in [0, 0.1) is 5.82 Å². The molecular weight excluding hydrogens is 247 g/mol. The Morgan fingerprint density at radius 3 is 2.68 bits per heavy atom. The van der Waals surface area contributed by atoms with Gasteiger partial charge in [0.2, 0.25) is 0 Å². The Morgan fingerprint density at radius 2 is 2.05 bits per heavy atom. The highest BCUT2D eigenvalue weighted by Gasteiger charge is 2.11. The van der Waals surface area contributed by atoms with Crippen LogP contribution in [0.2, 0.25) is 0 Å². The number of anilines is 1. The van der Waals surface area contributed by atoms with Crippen LogP contribution in [0.15, 0.2) is 48.8 Å². The van der Waals surface area contributed by atoms with Crippen molar-refractivity contribution < 1.29 is 13.9 Å². The highest BCUT2D eigenvalue weighted by Crippen LogP contribution is 2.13. The Bertz CT molecular complexity index is 543. The monoisotopic (exact) mass is 260 g/mol. The molecule has 1 heterocycles. The first-order valence-corrected chi connectivity index (χ1v) is 5.72. The van der Waals surface area contributed by atoms with Crippen LogP contribution in [0.1, 0.15) is 0 Å². The topological polar surface area (TPSA) is 42.4 Å². The number of halogens is 1. The maximum absolute atomic E-state index is 12.7. The van der Waals surface area contributed by atoms with E-state index in [0.29, 0.717) is 11.4 Å². The quantitative estimate of drug-likeness (QED) is 0.846. The Balaban J connectivity index is 1.93. The van der Waals surface area contributed by atoms with Gasteiger partial charge in [-0.05, 0) is 36.4 Å². The van der Waals surface area contributed by atoms with Crippen molar-refractivity contribution in [2.45, 2.75) is 0 Å². The summed E-state index contributed by atoms with van der Waals surface area (Å²) >= 11 is 0. The Hall–Kier alpha value is -2.43. The molecule has 0 spiro atoms. The molecule has 1 aromatic heterocycles. The summed E-state index contributed by atoms with van der Waals surface area (Å²) < 4.78 is 18.0. The number of pyridine rings is 1. The molecule has 1 aromatic carbocycles. The molecule has 19 heavy (non-hydrogen) atoms. The van der Waals surface area contributed by atoms with Gasteiger partial charge in [0.25, 0.3) is 5.91 Å². The number of likely N-dealkylation sites (N-methyl/N-ethyl adjacent to an activating group) is 1. The normalized spacial score (nSPS) is 10.0. The van der Waals surface area contributed by atoms with Gasteiger partial charge < -0.3 is 9.64 Å². The lowest BCUT2D eigenvalue weighted by Crippen LogP contribution is -2.31. The van der Waals surface area contributed by atoms with Crippen molar-refractivity contribution >= 4 is 11.6 Å². The molecule has 98 valence electrons. The summed E-state index contributed by atoms with van der Waals surface area (Å²) in [6.45, 7) is -0.114. The first-order valence-electron chi connectivity index (χ1n) is 5.72. The standard InChI is InChI=1S/C14H13FN2O2/c1-17(12-3-2-8-16-9-12)14(18)10-19-13-6-4-11(15)5-7-13/h2-9H,10H2,1H3. The molecule has 0 saturated carbocycles. The summed E-state index contributed by atoms with van der Waals surface area (Å²) in [6, 6.07) is 9.05. The van der Waals surface area contributed by atoms with Gasteiger partial charge >= 0.3 is 0 Å². The van der Waals surface area contributed by atoms with Crippen LogP contribution in [0.4, 0.5) is 10.1 Å². The fraction of sp³-hybridized carbons (Fsp3) is 0.143. The van der Waals surface area contributed by atoms with Crippen LogP contribution < -0.4 is 9.64 Å². The van der Waals surface area contributed by atoms with Gasteiger partial charge in [0, 0.05) is 13.2 Å². The number of hydrogen-bond donors (Lipinski definition) is 0. The van der Waals surface area contributed by atoms with E-state index in [9.17, 15) is 9.18 Å². The van der Waals surface area contributed by atoms with Crippen molar-refractivity contribution in [1.29, 1.82) is 0 Å². The van der Waals surface area contributed by atoms with E-state index in [4.69, 9.17) is 4.74 Å². The van der Waals surface area contributed by atoms with Crippen molar-refractivity contribution in [2.24, 2.45) is 0 Å². The maximum Gasteiger partial charge on any atom is 0.264 e. The van der Waals surface area contributed by atoms with E-state index in [1.807, 2.05) is 0 Å². The van der Waals surface area contributed by atoms with E-state index in [1.54, 1.807) is 31.6 Å². The van der Waals surface area contributed by atoms with Gasteiger partial charge in [-0.15, -0.1) is 0 Å². The zero-order valence-corrected chi connectivity index (χ0v) is 10.4. The lowest BCUT2D eigenvalue weighted by Gasteiger charge is -2.16. The molecule has 0 saturated heterocycles. The molecule has 0 aliphatic rings. The van der Waals surface area contributed by atoms with Crippen molar-refractivity contribution in [3.8, 4) is 5.75 Å². The van der Waals surface area contributed by atoms with E-state index >= 15 is 0 Å². The van der Waals surface area contributed by atoms with E-state index in [0.717, 1.165) is 0 Å². The predicted octanol–water partition coefficient (Wildman–Crippen LogP) is 2.26. The van der Waals surface area contributed by atoms with Gasteiger partial charge in [0.15, 0.2) is 6.61 Å². The second kappa shape index (κ2) is 5.95. The number of benzene rings is 1.